The second kappa shape index (κ2) is 11.1. The van der Waals surface area contributed by atoms with E-state index in [1.54, 1.807) is 23.7 Å². The highest BCUT2D eigenvalue weighted by Gasteiger charge is 2.18. The van der Waals surface area contributed by atoms with Crippen molar-refractivity contribution in [1.29, 1.82) is 0 Å². The Bertz CT molecular complexity index is 768. The molecule has 0 aromatic carbocycles. The number of nitrogens with zero attached hydrogens (tertiary/aromatic N) is 6. The summed E-state index contributed by atoms with van der Waals surface area (Å²) in [5, 5.41) is 7.89. The first-order valence-corrected chi connectivity index (χ1v) is 11.2. The molecule has 2 N–H and O–H groups in total. The van der Waals surface area contributed by atoms with Gasteiger partial charge in [-0.3, -0.25) is 4.90 Å². The molecule has 8 nitrogen and oxygen atoms in total. The van der Waals surface area contributed by atoms with Crippen molar-refractivity contribution in [2.45, 2.75) is 33.7 Å². The van der Waals surface area contributed by atoms with Crippen molar-refractivity contribution in [2.24, 2.45) is 4.99 Å². The van der Waals surface area contributed by atoms with E-state index in [1.165, 1.54) is 4.88 Å². The van der Waals surface area contributed by atoms with Gasteiger partial charge in [-0.25, -0.2) is 19.9 Å². The van der Waals surface area contributed by atoms with Crippen LogP contribution in [0.25, 0.3) is 0 Å². The van der Waals surface area contributed by atoms with Crippen molar-refractivity contribution in [3.05, 3.63) is 34.0 Å². The molecule has 0 aliphatic carbocycles. The highest BCUT2D eigenvalue weighted by Crippen LogP contribution is 2.17. The van der Waals surface area contributed by atoms with Crippen LogP contribution in [0.4, 0.5) is 5.95 Å². The van der Waals surface area contributed by atoms with Gasteiger partial charge in [0.25, 0.3) is 0 Å². The summed E-state index contributed by atoms with van der Waals surface area (Å²) >= 11 is 1.73. The van der Waals surface area contributed by atoms with Gasteiger partial charge in [-0.05, 0) is 39.8 Å². The quantitative estimate of drug-likeness (QED) is 0.386. The van der Waals surface area contributed by atoms with Crippen LogP contribution in [0, 0.1) is 13.8 Å². The third-order valence-corrected chi connectivity index (χ3v) is 5.93. The fourth-order valence-corrected chi connectivity index (χ4v) is 4.21. The van der Waals surface area contributed by atoms with Crippen LogP contribution in [0.3, 0.4) is 0 Å². The molecule has 0 amide bonds. The van der Waals surface area contributed by atoms with E-state index in [9.17, 15) is 0 Å². The van der Waals surface area contributed by atoms with Gasteiger partial charge in [0.1, 0.15) is 0 Å². The third-order valence-electron chi connectivity index (χ3n) is 4.88. The molecule has 2 aromatic heterocycles. The van der Waals surface area contributed by atoms with Crippen molar-refractivity contribution in [2.75, 3.05) is 50.7 Å². The number of hydrogen-bond donors (Lipinski definition) is 2. The predicted octanol–water partition coefficient (Wildman–Crippen LogP) is 1.82. The van der Waals surface area contributed by atoms with Crippen LogP contribution in [-0.4, -0.2) is 71.6 Å². The number of nitrogens with one attached hydrogen (secondary N) is 2. The van der Waals surface area contributed by atoms with Gasteiger partial charge in [-0.2, -0.15) is 0 Å². The van der Waals surface area contributed by atoms with Gasteiger partial charge in [-0.1, -0.05) is 0 Å². The SMILES string of the molecule is CCNC(=NCc1sc(C)nc1C)NCCCN1CCN(c2ncccn2)CC1. The summed E-state index contributed by atoms with van der Waals surface area (Å²) in [7, 11) is 0. The molecular weight excluding hydrogens is 384 g/mol. The smallest absolute Gasteiger partial charge is 0.225 e. The molecule has 29 heavy (non-hydrogen) atoms. The molecule has 2 aromatic rings. The van der Waals surface area contributed by atoms with Gasteiger partial charge in [0.15, 0.2) is 5.96 Å². The Morgan fingerprint density at radius 3 is 2.55 bits per heavy atom. The molecule has 0 atom stereocenters. The predicted molar refractivity (Wildman–Crippen MR) is 120 cm³/mol. The van der Waals surface area contributed by atoms with Gasteiger partial charge in [0.05, 0.1) is 17.2 Å². The van der Waals surface area contributed by atoms with Gasteiger partial charge < -0.3 is 15.5 Å². The maximum absolute atomic E-state index is 4.72. The van der Waals surface area contributed by atoms with Crippen molar-refractivity contribution >= 4 is 23.2 Å². The fraction of sp³-hybridized carbons (Fsp3) is 0.600. The van der Waals surface area contributed by atoms with Crippen LogP contribution >= 0.6 is 11.3 Å². The number of aliphatic imine (C=N–C) groups is 1. The first kappa shape index (κ1) is 21.4. The summed E-state index contributed by atoms with van der Waals surface area (Å²) in [5.74, 6) is 1.72. The second-order valence-corrected chi connectivity index (χ2v) is 8.38. The minimum absolute atomic E-state index is 0.677. The van der Waals surface area contributed by atoms with Crippen LogP contribution in [0.5, 0.6) is 0 Å². The van der Waals surface area contributed by atoms with Crippen molar-refractivity contribution in [1.82, 2.24) is 30.5 Å². The average molecular weight is 417 g/mol. The molecular formula is C20H32N8S. The van der Waals surface area contributed by atoms with Crippen LogP contribution < -0.4 is 15.5 Å². The van der Waals surface area contributed by atoms with E-state index in [1.807, 2.05) is 13.0 Å². The third kappa shape index (κ3) is 6.64. The standard InChI is InChI=1S/C20H32N8S/c1-4-21-19(25-15-18-16(2)26-17(3)29-18)22-9-6-10-27-11-13-28(14-12-27)20-23-7-5-8-24-20/h5,7-8H,4,6,9-15H2,1-3H3,(H2,21,22,25). The van der Waals surface area contributed by atoms with Gasteiger partial charge in [0.2, 0.25) is 5.95 Å². The zero-order valence-corrected chi connectivity index (χ0v) is 18.5. The summed E-state index contributed by atoms with van der Waals surface area (Å²) in [6, 6.07) is 1.86. The monoisotopic (exact) mass is 416 g/mol. The molecule has 0 spiro atoms. The van der Waals surface area contributed by atoms with Crippen molar-refractivity contribution in [3.8, 4) is 0 Å². The second-order valence-electron chi connectivity index (χ2n) is 7.09. The summed E-state index contributed by atoms with van der Waals surface area (Å²) in [6.07, 6.45) is 4.70. The molecule has 1 fully saturated rings. The lowest BCUT2D eigenvalue weighted by Gasteiger charge is -2.34. The lowest BCUT2D eigenvalue weighted by molar-refractivity contribution is 0.254. The number of thiazole rings is 1. The van der Waals surface area contributed by atoms with E-state index < -0.39 is 0 Å². The molecule has 0 saturated carbocycles. The van der Waals surface area contributed by atoms with E-state index in [4.69, 9.17) is 4.99 Å². The van der Waals surface area contributed by atoms with E-state index in [-0.39, 0.29) is 0 Å². The lowest BCUT2D eigenvalue weighted by Crippen LogP contribution is -2.47. The molecule has 1 aliphatic heterocycles. The van der Waals surface area contributed by atoms with Crippen LogP contribution in [0.2, 0.25) is 0 Å². The normalized spacial score (nSPS) is 15.6. The van der Waals surface area contributed by atoms with Crippen LogP contribution in [0.1, 0.15) is 28.9 Å². The highest BCUT2D eigenvalue weighted by molar-refractivity contribution is 7.11. The van der Waals surface area contributed by atoms with Crippen molar-refractivity contribution < 1.29 is 0 Å². The zero-order valence-electron chi connectivity index (χ0n) is 17.7. The van der Waals surface area contributed by atoms with E-state index >= 15 is 0 Å². The summed E-state index contributed by atoms with van der Waals surface area (Å²) in [6.45, 7) is 13.8. The topological polar surface area (TPSA) is 81.6 Å². The number of aryl methyl sites for hydroxylation is 2. The Labute approximate surface area is 177 Å². The molecule has 3 heterocycles. The first-order chi connectivity index (χ1) is 14.2. The molecule has 0 bridgehead atoms. The molecule has 158 valence electrons. The van der Waals surface area contributed by atoms with Gasteiger partial charge in [-0.15, -0.1) is 11.3 Å². The maximum Gasteiger partial charge on any atom is 0.225 e. The largest absolute Gasteiger partial charge is 0.357 e. The Kier molecular flexibility index (Phi) is 8.18. The maximum atomic E-state index is 4.72. The number of aromatic nitrogens is 3. The number of piperazine rings is 1. The van der Waals surface area contributed by atoms with E-state index in [2.05, 4.69) is 49.2 Å². The van der Waals surface area contributed by atoms with Crippen LogP contribution in [-0.2, 0) is 6.54 Å². The Hall–Kier alpha value is -2.26. The van der Waals surface area contributed by atoms with Crippen LogP contribution in [0.15, 0.2) is 23.5 Å². The molecule has 0 radical (unpaired) electrons. The van der Waals surface area contributed by atoms with E-state index in [0.717, 1.165) is 74.8 Å². The number of hydrogen-bond acceptors (Lipinski definition) is 7. The molecule has 3 rings (SSSR count). The van der Waals surface area contributed by atoms with E-state index in [0.29, 0.717) is 6.54 Å². The van der Waals surface area contributed by atoms with Gasteiger partial charge >= 0.3 is 0 Å². The number of rotatable bonds is 8. The molecule has 1 saturated heterocycles. The highest BCUT2D eigenvalue weighted by atomic mass is 32.1. The Balaban J connectivity index is 1.37. The average Bonchev–Trinajstić information content (AvgIpc) is 3.07. The zero-order chi connectivity index (χ0) is 20.5. The Morgan fingerprint density at radius 2 is 1.90 bits per heavy atom. The summed E-state index contributed by atoms with van der Waals surface area (Å²) in [4.78, 5) is 23.9. The Morgan fingerprint density at radius 1 is 1.14 bits per heavy atom. The summed E-state index contributed by atoms with van der Waals surface area (Å²) in [5.41, 5.74) is 1.09. The van der Waals surface area contributed by atoms with Gasteiger partial charge in [0, 0.05) is 56.5 Å². The lowest BCUT2D eigenvalue weighted by atomic mass is 10.3. The van der Waals surface area contributed by atoms with Crippen molar-refractivity contribution in [3.63, 3.8) is 0 Å². The molecule has 9 heteroatoms. The molecule has 0 unspecified atom stereocenters. The minimum atomic E-state index is 0.677. The molecule has 1 aliphatic rings. The fourth-order valence-electron chi connectivity index (χ4n) is 3.35. The summed E-state index contributed by atoms with van der Waals surface area (Å²) < 4.78 is 0. The minimum Gasteiger partial charge on any atom is -0.357 e. The number of guanidine groups is 1. The first-order valence-electron chi connectivity index (χ1n) is 10.3. The number of anilines is 1.